The lowest BCUT2D eigenvalue weighted by atomic mass is 9.87. The zero-order valence-corrected chi connectivity index (χ0v) is 15.4. The lowest BCUT2D eigenvalue weighted by molar-refractivity contribution is 0.262. The lowest BCUT2D eigenvalue weighted by Crippen LogP contribution is -2.48. The van der Waals surface area contributed by atoms with E-state index in [1.54, 1.807) is 6.20 Å². The van der Waals surface area contributed by atoms with Gasteiger partial charge in [-0.05, 0) is 48.0 Å². The first kappa shape index (κ1) is 17.0. The minimum Gasteiger partial charge on any atom is -0.357 e. The molecule has 4 nitrogen and oxygen atoms in total. The number of aromatic nitrogens is 2. The maximum Gasteiger partial charge on any atom is 0.171 e. The molecule has 22 heavy (non-hydrogen) atoms. The molecule has 2 N–H and O–H groups in total. The number of halogens is 1. The highest BCUT2D eigenvalue weighted by atomic mass is 79.9. The van der Waals surface area contributed by atoms with Gasteiger partial charge < -0.3 is 10.6 Å². The molecule has 0 spiro atoms. The fourth-order valence-corrected chi connectivity index (χ4v) is 2.51. The smallest absolute Gasteiger partial charge is 0.171 e. The first-order valence-electron chi connectivity index (χ1n) is 7.15. The van der Waals surface area contributed by atoms with E-state index in [-0.39, 0.29) is 11.5 Å². The number of hydrogen-bond acceptors (Lipinski definition) is 2. The first-order chi connectivity index (χ1) is 10.3. The Bertz CT molecular complexity index is 602. The maximum atomic E-state index is 5.45. The summed E-state index contributed by atoms with van der Waals surface area (Å²) in [5, 5.41) is 11.5. The van der Waals surface area contributed by atoms with Gasteiger partial charge in [0.2, 0.25) is 0 Å². The average Bonchev–Trinajstić information content (AvgIpc) is 2.92. The van der Waals surface area contributed by atoms with E-state index in [0.717, 1.165) is 16.7 Å². The third kappa shape index (κ3) is 5.10. The van der Waals surface area contributed by atoms with E-state index in [9.17, 15) is 0 Å². The van der Waals surface area contributed by atoms with Gasteiger partial charge in [-0.2, -0.15) is 5.10 Å². The fraction of sp³-hybridized carbons (Fsp3) is 0.375. The van der Waals surface area contributed by atoms with Crippen molar-refractivity contribution in [1.29, 1.82) is 0 Å². The molecule has 1 atom stereocenters. The zero-order chi connectivity index (χ0) is 16.2. The van der Waals surface area contributed by atoms with Crippen molar-refractivity contribution >= 4 is 38.9 Å². The summed E-state index contributed by atoms with van der Waals surface area (Å²) in [6.07, 6.45) is 3.75. The molecular formula is C16H21BrN4S. The van der Waals surface area contributed by atoms with Crippen molar-refractivity contribution in [2.24, 2.45) is 5.41 Å². The van der Waals surface area contributed by atoms with Gasteiger partial charge in [0.1, 0.15) is 0 Å². The molecule has 6 heteroatoms. The van der Waals surface area contributed by atoms with Gasteiger partial charge in [0, 0.05) is 22.6 Å². The van der Waals surface area contributed by atoms with E-state index in [0.29, 0.717) is 5.11 Å². The average molecular weight is 381 g/mol. The molecule has 0 saturated carbocycles. The topological polar surface area (TPSA) is 41.9 Å². The first-order valence-corrected chi connectivity index (χ1v) is 8.35. The third-order valence-corrected chi connectivity index (χ3v) is 4.13. The highest BCUT2D eigenvalue weighted by Gasteiger charge is 2.25. The molecule has 0 aliphatic carbocycles. The predicted octanol–water partition coefficient (Wildman–Crippen LogP) is 4.05. The van der Waals surface area contributed by atoms with Gasteiger partial charge >= 0.3 is 0 Å². The molecule has 0 radical (unpaired) electrons. The number of hydrogen-bond donors (Lipinski definition) is 2. The Hall–Kier alpha value is -1.40. The fourth-order valence-electron chi connectivity index (χ4n) is 1.99. The van der Waals surface area contributed by atoms with Crippen LogP contribution < -0.4 is 10.6 Å². The van der Waals surface area contributed by atoms with Gasteiger partial charge in [-0.1, -0.05) is 36.7 Å². The van der Waals surface area contributed by atoms with Crippen molar-refractivity contribution in [2.45, 2.75) is 33.4 Å². The van der Waals surface area contributed by atoms with Crippen molar-refractivity contribution < 1.29 is 0 Å². The Kier molecular flexibility index (Phi) is 5.58. The molecule has 0 aliphatic heterocycles. The van der Waals surface area contributed by atoms with E-state index in [1.807, 2.05) is 41.2 Å². The van der Waals surface area contributed by atoms with Crippen molar-refractivity contribution in [2.75, 3.05) is 5.32 Å². The molecule has 2 aromatic rings. The quantitative estimate of drug-likeness (QED) is 0.785. The van der Waals surface area contributed by atoms with E-state index in [1.165, 1.54) is 0 Å². The minimum atomic E-state index is 0.0530. The molecule has 118 valence electrons. The number of nitrogens with zero attached hydrogens (tertiary/aromatic N) is 2. The Labute approximate surface area is 145 Å². The summed E-state index contributed by atoms with van der Waals surface area (Å²) >= 11 is 8.87. The second-order valence-electron chi connectivity index (χ2n) is 6.25. The van der Waals surface area contributed by atoms with E-state index in [4.69, 9.17) is 12.2 Å². The molecule has 0 aliphatic rings. The predicted molar refractivity (Wildman–Crippen MR) is 99.0 cm³/mol. The van der Waals surface area contributed by atoms with Gasteiger partial charge in [-0.25, -0.2) is 0 Å². The standard InChI is InChI=1S/C16H21BrN4S/c1-16(2,3)14(11-21-10-4-9-18-21)20-15(22)19-13-7-5-12(17)6-8-13/h4-10,14H,11H2,1-3H3,(H2,19,20,22). The van der Waals surface area contributed by atoms with Crippen LogP contribution in [0.1, 0.15) is 20.8 Å². The molecule has 0 bridgehead atoms. The second kappa shape index (κ2) is 7.24. The zero-order valence-electron chi connectivity index (χ0n) is 13.0. The van der Waals surface area contributed by atoms with Gasteiger partial charge in [0.15, 0.2) is 5.11 Å². The van der Waals surface area contributed by atoms with Crippen LogP contribution in [0, 0.1) is 5.41 Å². The van der Waals surface area contributed by atoms with Gasteiger partial charge in [-0.15, -0.1) is 0 Å². The monoisotopic (exact) mass is 380 g/mol. The summed E-state index contributed by atoms with van der Waals surface area (Å²) in [4.78, 5) is 0. The summed E-state index contributed by atoms with van der Waals surface area (Å²) < 4.78 is 2.97. The molecule has 0 fully saturated rings. The normalized spacial score (nSPS) is 12.7. The van der Waals surface area contributed by atoms with Crippen LogP contribution in [0.2, 0.25) is 0 Å². The summed E-state index contributed by atoms with van der Waals surface area (Å²) in [6, 6.07) is 10.0. The summed E-state index contributed by atoms with van der Waals surface area (Å²) in [7, 11) is 0. The van der Waals surface area contributed by atoms with Crippen LogP contribution >= 0.6 is 28.1 Å². The number of thiocarbonyl (C=S) groups is 1. The van der Waals surface area contributed by atoms with Gasteiger partial charge in [-0.3, -0.25) is 4.68 Å². The highest BCUT2D eigenvalue weighted by molar-refractivity contribution is 9.10. The largest absolute Gasteiger partial charge is 0.357 e. The van der Waals surface area contributed by atoms with E-state index in [2.05, 4.69) is 52.4 Å². The Morgan fingerprint density at radius 3 is 2.55 bits per heavy atom. The molecule has 1 aromatic carbocycles. The second-order valence-corrected chi connectivity index (χ2v) is 7.58. The van der Waals surface area contributed by atoms with Crippen molar-refractivity contribution in [1.82, 2.24) is 15.1 Å². The molecule has 1 heterocycles. The summed E-state index contributed by atoms with van der Waals surface area (Å²) in [5.41, 5.74) is 1.02. The van der Waals surface area contributed by atoms with Gasteiger partial charge in [0.05, 0.1) is 12.6 Å². The van der Waals surface area contributed by atoms with Crippen LogP contribution in [0.3, 0.4) is 0 Å². The molecule has 1 unspecified atom stereocenters. The van der Waals surface area contributed by atoms with Crippen LogP contribution in [0.5, 0.6) is 0 Å². The van der Waals surface area contributed by atoms with E-state index >= 15 is 0 Å². The Morgan fingerprint density at radius 2 is 2.00 bits per heavy atom. The summed E-state index contributed by atoms with van der Waals surface area (Å²) in [5.74, 6) is 0. The van der Waals surface area contributed by atoms with Crippen LogP contribution in [0.4, 0.5) is 5.69 Å². The minimum absolute atomic E-state index is 0.0530. The molecule has 0 saturated heterocycles. The molecule has 2 rings (SSSR count). The molecule has 1 aromatic heterocycles. The Balaban J connectivity index is 2.00. The van der Waals surface area contributed by atoms with Crippen LogP contribution in [-0.4, -0.2) is 20.9 Å². The van der Waals surface area contributed by atoms with Crippen LogP contribution in [-0.2, 0) is 6.54 Å². The van der Waals surface area contributed by atoms with E-state index < -0.39 is 0 Å². The lowest BCUT2D eigenvalue weighted by Gasteiger charge is -2.32. The SMILES string of the molecule is CC(C)(C)C(Cn1cccn1)NC(=S)Nc1ccc(Br)cc1. The highest BCUT2D eigenvalue weighted by Crippen LogP contribution is 2.21. The number of nitrogens with one attached hydrogen (secondary N) is 2. The molecular weight excluding hydrogens is 360 g/mol. The Morgan fingerprint density at radius 1 is 1.32 bits per heavy atom. The number of anilines is 1. The van der Waals surface area contributed by atoms with Crippen LogP contribution in [0.25, 0.3) is 0 Å². The number of benzene rings is 1. The van der Waals surface area contributed by atoms with Crippen molar-refractivity contribution in [3.8, 4) is 0 Å². The van der Waals surface area contributed by atoms with Crippen molar-refractivity contribution in [3.05, 3.63) is 47.2 Å². The van der Waals surface area contributed by atoms with Crippen molar-refractivity contribution in [3.63, 3.8) is 0 Å². The summed E-state index contributed by atoms with van der Waals surface area (Å²) in [6.45, 7) is 7.34. The third-order valence-electron chi connectivity index (χ3n) is 3.38. The van der Waals surface area contributed by atoms with Crippen LogP contribution in [0.15, 0.2) is 47.2 Å². The number of rotatable bonds is 4. The van der Waals surface area contributed by atoms with Gasteiger partial charge in [0.25, 0.3) is 0 Å². The molecule has 0 amide bonds. The maximum absolute atomic E-state index is 5.45.